The van der Waals surface area contributed by atoms with E-state index in [0.717, 1.165) is 0 Å². The molecule has 0 saturated heterocycles. The van der Waals surface area contributed by atoms with Crippen LogP contribution < -0.4 is 0 Å². The van der Waals surface area contributed by atoms with Gasteiger partial charge in [0.15, 0.2) is 0 Å². The average Bonchev–Trinajstić information content (AvgIpc) is 2.34. The number of carboxylic acid groups (broad SMARTS) is 1. The summed E-state index contributed by atoms with van der Waals surface area (Å²) in [4.78, 5) is 37.2. The van der Waals surface area contributed by atoms with Gasteiger partial charge in [0.1, 0.15) is 13.1 Å². The van der Waals surface area contributed by atoms with Crippen LogP contribution in [0.15, 0.2) is 0 Å². The summed E-state index contributed by atoms with van der Waals surface area (Å²) in [5.74, 6) is -1.58. The number of rotatable bonds is 8. The molecule has 0 saturated carbocycles. The van der Waals surface area contributed by atoms with Crippen molar-refractivity contribution < 1.29 is 24.2 Å². The third-order valence-corrected chi connectivity index (χ3v) is 2.56. The average molecular weight is 288 g/mol. The summed E-state index contributed by atoms with van der Waals surface area (Å²) in [7, 11) is 0. The zero-order chi connectivity index (χ0) is 15.7. The molecular formula is C13H24N2O5. The number of ether oxygens (including phenoxy) is 1. The number of aliphatic carboxylic acids is 1. The molecule has 0 aliphatic rings. The molecule has 0 bridgehead atoms. The second-order valence-electron chi connectivity index (χ2n) is 4.62. The summed E-state index contributed by atoms with van der Waals surface area (Å²) in [6.45, 7) is 7.09. The Morgan fingerprint density at radius 2 is 1.75 bits per heavy atom. The standard InChI is InChI=1S/C13H24N2O5/c1-5-7-14(8-11(16)17)13(19)15(10(3)4)9-12(18)20-6-2/h10H,5-9H2,1-4H3,(H,16,17). The number of hydrogen-bond donors (Lipinski definition) is 1. The fraction of sp³-hybridized carbons (Fsp3) is 0.769. The van der Waals surface area contributed by atoms with Crippen molar-refractivity contribution in [3.63, 3.8) is 0 Å². The third-order valence-electron chi connectivity index (χ3n) is 2.56. The van der Waals surface area contributed by atoms with E-state index in [-0.39, 0.29) is 25.7 Å². The molecule has 7 heteroatoms. The van der Waals surface area contributed by atoms with Crippen LogP contribution in [-0.2, 0) is 14.3 Å². The van der Waals surface area contributed by atoms with E-state index in [1.165, 1.54) is 9.80 Å². The van der Waals surface area contributed by atoms with Crippen molar-refractivity contribution in [2.24, 2.45) is 0 Å². The van der Waals surface area contributed by atoms with E-state index in [1.807, 2.05) is 6.92 Å². The van der Waals surface area contributed by atoms with Gasteiger partial charge < -0.3 is 19.6 Å². The zero-order valence-corrected chi connectivity index (χ0v) is 12.6. The molecule has 0 aromatic rings. The van der Waals surface area contributed by atoms with Gasteiger partial charge in [-0.15, -0.1) is 0 Å². The lowest BCUT2D eigenvalue weighted by Gasteiger charge is -2.31. The number of amides is 2. The lowest BCUT2D eigenvalue weighted by atomic mass is 10.3. The molecule has 1 N–H and O–H groups in total. The molecule has 0 radical (unpaired) electrons. The molecule has 0 atom stereocenters. The maximum Gasteiger partial charge on any atom is 0.325 e. The Labute approximate surface area is 119 Å². The van der Waals surface area contributed by atoms with Crippen LogP contribution in [0.25, 0.3) is 0 Å². The van der Waals surface area contributed by atoms with E-state index in [4.69, 9.17) is 9.84 Å². The van der Waals surface area contributed by atoms with Crippen molar-refractivity contribution in [1.29, 1.82) is 0 Å². The number of carbonyl (C=O) groups excluding carboxylic acids is 2. The van der Waals surface area contributed by atoms with Gasteiger partial charge in [0, 0.05) is 12.6 Å². The van der Waals surface area contributed by atoms with Crippen molar-refractivity contribution in [2.45, 2.75) is 40.2 Å². The predicted molar refractivity (Wildman–Crippen MR) is 73.4 cm³/mol. The molecule has 7 nitrogen and oxygen atoms in total. The summed E-state index contributed by atoms with van der Waals surface area (Å²) < 4.78 is 4.83. The van der Waals surface area contributed by atoms with Crippen molar-refractivity contribution in [1.82, 2.24) is 9.80 Å². The molecular weight excluding hydrogens is 264 g/mol. The largest absolute Gasteiger partial charge is 0.480 e. The van der Waals surface area contributed by atoms with Gasteiger partial charge in [0.05, 0.1) is 6.61 Å². The van der Waals surface area contributed by atoms with Crippen LogP contribution in [-0.4, -0.2) is 65.2 Å². The van der Waals surface area contributed by atoms with E-state index >= 15 is 0 Å². The molecule has 0 aliphatic carbocycles. The second kappa shape index (κ2) is 9.17. The van der Waals surface area contributed by atoms with Crippen LogP contribution in [0.3, 0.4) is 0 Å². The molecule has 20 heavy (non-hydrogen) atoms. The Kier molecular flexibility index (Phi) is 8.35. The summed E-state index contributed by atoms with van der Waals surface area (Å²) in [6.07, 6.45) is 0.643. The Morgan fingerprint density at radius 3 is 2.15 bits per heavy atom. The Hall–Kier alpha value is -1.79. The molecule has 0 rings (SSSR count). The molecule has 0 heterocycles. The molecule has 0 aromatic carbocycles. The molecule has 0 spiro atoms. The van der Waals surface area contributed by atoms with E-state index < -0.39 is 18.0 Å². The molecule has 0 unspecified atom stereocenters. The summed E-state index contributed by atoms with van der Waals surface area (Å²) in [5.41, 5.74) is 0. The zero-order valence-electron chi connectivity index (χ0n) is 12.6. The highest BCUT2D eigenvalue weighted by molar-refractivity contribution is 5.84. The molecule has 2 amide bonds. The van der Waals surface area contributed by atoms with E-state index in [2.05, 4.69) is 0 Å². The smallest absolute Gasteiger partial charge is 0.325 e. The van der Waals surface area contributed by atoms with Gasteiger partial charge in [0.2, 0.25) is 0 Å². The summed E-state index contributed by atoms with van der Waals surface area (Å²) in [6, 6.07) is -0.683. The Balaban J connectivity index is 4.89. The second-order valence-corrected chi connectivity index (χ2v) is 4.62. The van der Waals surface area contributed by atoms with Crippen molar-refractivity contribution in [2.75, 3.05) is 26.2 Å². The van der Waals surface area contributed by atoms with Crippen molar-refractivity contribution in [3.05, 3.63) is 0 Å². The predicted octanol–water partition coefficient (Wildman–Crippen LogP) is 1.18. The van der Waals surface area contributed by atoms with Gasteiger partial charge in [0.25, 0.3) is 0 Å². The summed E-state index contributed by atoms with van der Waals surface area (Å²) >= 11 is 0. The van der Waals surface area contributed by atoms with Crippen LogP contribution in [0.1, 0.15) is 34.1 Å². The Morgan fingerprint density at radius 1 is 1.15 bits per heavy atom. The molecule has 116 valence electrons. The normalized spacial score (nSPS) is 10.2. The van der Waals surface area contributed by atoms with Gasteiger partial charge in [-0.25, -0.2) is 4.79 Å². The van der Waals surface area contributed by atoms with Gasteiger partial charge in [-0.2, -0.15) is 0 Å². The molecule has 0 aliphatic heterocycles. The fourth-order valence-electron chi connectivity index (χ4n) is 1.67. The number of hydrogen-bond acceptors (Lipinski definition) is 4. The maximum absolute atomic E-state index is 12.3. The lowest BCUT2D eigenvalue weighted by molar-refractivity contribution is -0.144. The maximum atomic E-state index is 12.3. The SMILES string of the molecule is CCCN(CC(=O)O)C(=O)N(CC(=O)OCC)C(C)C. The monoisotopic (exact) mass is 288 g/mol. The first-order valence-corrected chi connectivity index (χ1v) is 6.76. The number of carboxylic acids is 1. The van der Waals surface area contributed by atoms with Gasteiger partial charge >= 0.3 is 18.0 Å². The van der Waals surface area contributed by atoms with Gasteiger partial charge in [-0.05, 0) is 27.2 Å². The van der Waals surface area contributed by atoms with Crippen LogP contribution >= 0.6 is 0 Å². The van der Waals surface area contributed by atoms with E-state index in [9.17, 15) is 14.4 Å². The number of urea groups is 1. The highest BCUT2D eigenvalue weighted by Crippen LogP contribution is 2.06. The summed E-state index contributed by atoms with van der Waals surface area (Å²) in [5, 5.41) is 8.84. The fourth-order valence-corrected chi connectivity index (χ4v) is 1.67. The number of esters is 1. The van der Waals surface area contributed by atoms with Crippen LogP contribution in [0.4, 0.5) is 4.79 Å². The minimum atomic E-state index is -1.08. The topological polar surface area (TPSA) is 87.2 Å². The van der Waals surface area contributed by atoms with Crippen LogP contribution in [0.2, 0.25) is 0 Å². The molecule has 0 fully saturated rings. The van der Waals surface area contributed by atoms with Crippen LogP contribution in [0.5, 0.6) is 0 Å². The number of nitrogens with zero attached hydrogens (tertiary/aromatic N) is 2. The van der Waals surface area contributed by atoms with Crippen molar-refractivity contribution >= 4 is 18.0 Å². The highest BCUT2D eigenvalue weighted by atomic mass is 16.5. The Bertz CT molecular complexity index is 344. The minimum Gasteiger partial charge on any atom is -0.480 e. The third kappa shape index (κ3) is 6.40. The van der Waals surface area contributed by atoms with Gasteiger partial charge in [-0.3, -0.25) is 9.59 Å². The van der Waals surface area contributed by atoms with Gasteiger partial charge in [-0.1, -0.05) is 6.92 Å². The quantitative estimate of drug-likeness (QED) is 0.678. The lowest BCUT2D eigenvalue weighted by Crippen LogP contribution is -2.50. The van der Waals surface area contributed by atoms with E-state index in [1.54, 1.807) is 20.8 Å². The van der Waals surface area contributed by atoms with Crippen molar-refractivity contribution in [3.8, 4) is 0 Å². The molecule has 0 aromatic heterocycles. The van der Waals surface area contributed by atoms with Crippen LogP contribution in [0, 0.1) is 0 Å². The first kappa shape index (κ1) is 18.2. The minimum absolute atomic E-state index is 0.176. The first-order chi connectivity index (χ1) is 9.33. The highest BCUT2D eigenvalue weighted by Gasteiger charge is 2.26. The number of carbonyl (C=O) groups is 3. The van der Waals surface area contributed by atoms with E-state index in [0.29, 0.717) is 13.0 Å². The first-order valence-electron chi connectivity index (χ1n) is 6.76.